The molecule has 0 aliphatic heterocycles. The van der Waals surface area contributed by atoms with Crippen LogP contribution in [0.3, 0.4) is 0 Å². The largest absolute Gasteiger partial charge is 0.495 e. The van der Waals surface area contributed by atoms with Gasteiger partial charge in [-0.3, -0.25) is 9.59 Å². The lowest BCUT2D eigenvalue weighted by Crippen LogP contribution is -2.23. The summed E-state index contributed by atoms with van der Waals surface area (Å²) in [6.45, 7) is -0.275. The molecular formula is C18H22ClNO4. The number of ether oxygens (including phenoxy) is 2. The summed E-state index contributed by atoms with van der Waals surface area (Å²) < 4.78 is 10.2. The molecule has 1 aromatic carbocycles. The van der Waals surface area contributed by atoms with Gasteiger partial charge >= 0.3 is 5.97 Å². The molecule has 1 N–H and O–H groups in total. The average Bonchev–Trinajstić information content (AvgIpc) is 3.16. The summed E-state index contributed by atoms with van der Waals surface area (Å²) in [7, 11) is 1.52. The van der Waals surface area contributed by atoms with Gasteiger partial charge in [0.25, 0.3) is 5.91 Å². The number of methoxy groups -OCH3 is 1. The van der Waals surface area contributed by atoms with Crippen molar-refractivity contribution < 1.29 is 19.1 Å². The Morgan fingerprint density at radius 1 is 1.29 bits per heavy atom. The molecule has 1 amide bonds. The summed E-state index contributed by atoms with van der Waals surface area (Å²) in [5.74, 6) is 1.80. The molecule has 24 heavy (non-hydrogen) atoms. The van der Waals surface area contributed by atoms with Crippen LogP contribution in [0.1, 0.15) is 32.1 Å². The quantitative estimate of drug-likeness (QED) is 0.794. The van der Waals surface area contributed by atoms with E-state index in [-0.39, 0.29) is 18.5 Å². The van der Waals surface area contributed by atoms with Crippen molar-refractivity contribution in [3.63, 3.8) is 0 Å². The van der Waals surface area contributed by atoms with E-state index in [9.17, 15) is 9.59 Å². The number of halogens is 1. The zero-order valence-electron chi connectivity index (χ0n) is 13.7. The summed E-state index contributed by atoms with van der Waals surface area (Å²) >= 11 is 6.00. The highest BCUT2D eigenvalue weighted by Gasteiger charge is 2.40. The molecule has 0 spiro atoms. The third-order valence-electron chi connectivity index (χ3n) is 5.11. The molecule has 2 aliphatic rings. The molecule has 3 rings (SSSR count). The Morgan fingerprint density at radius 3 is 2.75 bits per heavy atom. The molecule has 0 heterocycles. The molecule has 2 aliphatic carbocycles. The molecule has 0 radical (unpaired) electrons. The third-order valence-corrected chi connectivity index (χ3v) is 5.41. The van der Waals surface area contributed by atoms with E-state index in [1.54, 1.807) is 18.2 Å². The summed E-state index contributed by atoms with van der Waals surface area (Å²) in [6.07, 6.45) is 5.38. The second-order valence-electron chi connectivity index (χ2n) is 6.70. The van der Waals surface area contributed by atoms with E-state index in [1.807, 2.05) is 0 Å². The number of rotatable bonds is 6. The maximum atomic E-state index is 11.9. The van der Waals surface area contributed by atoms with Crippen molar-refractivity contribution in [1.82, 2.24) is 0 Å². The maximum absolute atomic E-state index is 11.9. The highest BCUT2D eigenvalue weighted by Crippen LogP contribution is 2.49. The molecule has 130 valence electrons. The van der Waals surface area contributed by atoms with Crippen molar-refractivity contribution in [2.75, 3.05) is 19.0 Å². The zero-order chi connectivity index (χ0) is 17.1. The minimum absolute atomic E-state index is 0.275. The van der Waals surface area contributed by atoms with Crippen molar-refractivity contribution in [3.8, 4) is 5.75 Å². The first-order valence-corrected chi connectivity index (χ1v) is 8.72. The minimum Gasteiger partial charge on any atom is -0.495 e. The molecule has 3 atom stereocenters. The van der Waals surface area contributed by atoms with Crippen LogP contribution in [0.15, 0.2) is 18.2 Å². The summed E-state index contributed by atoms with van der Waals surface area (Å²) in [5, 5.41) is 3.06. The second kappa shape index (κ2) is 7.43. The number of amides is 1. The lowest BCUT2D eigenvalue weighted by Gasteiger charge is -2.20. The van der Waals surface area contributed by atoms with Gasteiger partial charge in [-0.1, -0.05) is 18.0 Å². The van der Waals surface area contributed by atoms with Crippen molar-refractivity contribution in [3.05, 3.63) is 23.2 Å². The monoisotopic (exact) mass is 351 g/mol. The molecular weight excluding hydrogens is 330 g/mol. The fourth-order valence-electron chi connectivity index (χ4n) is 3.99. The van der Waals surface area contributed by atoms with Crippen molar-refractivity contribution in [1.29, 1.82) is 0 Å². The van der Waals surface area contributed by atoms with E-state index in [4.69, 9.17) is 21.1 Å². The van der Waals surface area contributed by atoms with Gasteiger partial charge in [-0.25, -0.2) is 0 Å². The molecule has 2 fully saturated rings. The van der Waals surface area contributed by atoms with Crippen molar-refractivity contribution in [2.24, 2.45) is 17.8 Å². The first-order valence-electron chi connectivity index (χ1n) is 8.34. The van der Waals surface area contributed by atoms with Crippen LogP contribution in [0.5, 0.6) is 5.75 Å². The molecule has 0 unspecified atom stereocenters. The van der Waals surface area contributed by atoms with Crippen molar-refractivity contribution >= 4 is 29.2 Å². The Bertz CT molecular complexity index is 633. The Kier molecular flexibility index (Phi) is 5.29. The number of carbonyl (C=O) groups excluding carboxylic acids is 2. The number of anilines is 1. The number of carbonyl (C=O) groups is 2. The number of benzene rings is 1. The number of esters is 1. The van der Waals surface area contributed by atoms with Crippen LogP contribution < -0.4 is 10.1 Å². The van der Waals surface area contributed by atoms with Crippen LogP contribution in [0.25, 0.3) is 0 Å². The average molecular weight is 352 g/mol. The third kappa shape index (κ3) is 4.01. The normalized spacial score (nSPS) is 24.7. The van der Waals surface area contributed by atoms with E-state index in [1.165, 1.54) is 26.4 Å². The minimum atomic E-state index is -0.377. The summed E-state index contributed by atoms with van der Waals surface area (Å²) in [6, 6.07) is 4.94. The van der Waals surface area contributed by atoms with Gasteiger partial charge in [0.05, 0.1) is 12.1 Å². The van der Waals surface area contributed by atoms with Crippen LogP contribution in [0.4, 0.5) is 5.69 Å². The molecule has 0 saturated heterocycles. The van der Waals surface area contributed by atoms with E-state index >= 15 is 0 Å². The topological polar surface area (TPSA) is 64.6 Å². The lowest BCUT2D eigenvalue weighted by molar-refractivity contribution is -0.148. The predicted molar refractivity (Wildman–Crippen MR) is 91.1 cm³/mol. The maximum Gasteiger partial charge on any atom is 0.306 e. The van der Waals surface area contributed by atoms with Crippen LogP contribution >= 0.6 is 11.6 Å². The van der Waals surface area contributed by atoms with Gasteiger partial charge in [-0.15, -0.1) is 0 Å². The SMILES string of the molecule is COc1ccc(NC(=O)COC(=O)C[C@H]2C[C@@H]3CC[C@H]2C3)cc1Cl. The standard InChI is InChI=1S/C18H22ClNO4/c1-23-16-5-4-14(9-15(16)19)20-17(21)10-24-18(22)8-13-7-11-2-3-12(13)6-11/h4-5,9,11-13H,2-3,6-8,10H2,1H3,(H,20,21)/t11-,12+,13-/m1/s1. The first-order chi connectivity index (χ1) is 11.5. The van der Waals surface area contributed by atoms with Gasteiger partial charge in [-0.2, -0.15) is 0 Å². The Balaban J connectivity index is 1.42. The Hall–Kier alpha value is -1.75. The van der Waals surface area contributed by atoms with Crippen LogP contribution in [-0.4, -0.2) is 25.6 Å². The van der Waals surface area contributed by atoms with E-state index in [2.05, 4.69) is 5.32 Å². The van der Waals surface area contributed by atoms with Crippen LogP contribution in [-0.2, 0) is 14.3 Å². The smallest absolute Gasteiger partial charge is 0.306 e. The fraction of sp³-hybridized carbons (Fsp3) is 0.556. The highest BCUT2D eigenvalue weighted by atomic mass is 35.5. The number of nitrogens with one attached hydrogen (secondary N) is 1. The highest BCUT2D eigenvalue weighted by molar-refractivity contribution is 6.32. The van der Waals surface area contributed by atoms with Gasteiger partial charge in [-0.05, 0) is 55.2 Å². The summed E-state index contributed by atoms with van der Waals surface area (Å²) in [5.41, 5.74) is 0.537. The molecule has 0 aromatic heterocycles. The van der Waals surface area contributed by atoms with E-state index in [0.29, 0.717) is 34.7 Å². The lowest BCUT2D eigenvalue weighted by atomic mass is 9.86. The van der Waals surface area contributed by atoms with Gasteiger partial charge < -0.3 is 14.8 Å². The van der Waals surface area contributed by atoms with E-state index in [0.717, 1.165) is 12.3 Å². The van der Waals surface area contributed by atoms with Crippen molar-refractivity contribution in [2.45, 2.75) is 32.1 Å². The fourth-order valence-corrected chi connectivity index (χ4v) is 4.24. The Morgan fingerprint density at radius 2 is 2.12 bits per heavy atom. The molecule has 5 nitrogen and oxygen atoms in total. The first kappa shape index (κ1) is 17.1. The number of hydrogen-bond donors (Lipinski definition) is 1. The van der Waals surface area contributed by atoms with Gasteiger partial charge in [0, 0.05) is 12.1 Å². The molecule has 1 aromatic rings. The molecule has 2 bridgehead atoms. The second-order valence-corrected chi connectivity index (χ2v) is 7.10. The zero-order valence-corrected chi connectivity index (χ0v) is 14.5. The summed E-state index contributed by atoms with van der Waals surface area (Å²) in [4.78, 5) is 23.8. The van der Waals surface area contributed by atoms with Gasteiger partial charge in [0.2, 0.25) is 0 Å². The predicted octanol–water partition coefficient (Wildman–Crippen LogP) is 3.66. The van der Waals surface area contributed by atoms with E-state index < -0.39 is 0 Å². The number of fused-ring (bicyclic) bond motifs is 2. The van der Waals surface area contributed by atoms with Crippen LogP contribution in [0.2, 0.25) is 5.02 Å². The van der Waals surface area contributed by atoms with Gasteiger partial charge in [0.1, 0.15) is 5.75 Å². The number of hydrogen-bond acceptors (Lipinski definition) is 4. The van der Waals surface area contributed by atoms with Crippen LogP contribution in [0, 0.1) is 17.8 Å². The molecule has 2 saturated carbocycles. The van der Waals surface area contributed by atoms with Gasteiger partial charge in [0.15, 0.2) is 6.61 Å². The Labute approximate surface area is 146 Å². The molecule has 6 heteroatoms.